The normalized spacial score (nSPS) is 19.1. The molecule has 0 saturated carbocycles. The van der Waals surface area contributed by atoms with E-state index in [-0.39, 0.29) is 5.78 Å². The molecule has 2 aliphatic rings. The van der Waals surface area contributed by atoms with Crippen molar-refractivity contribution in [3.8, 4) is 5.75 Å². The molecule has 0 spiro atoms. The highest BCUT2D eigenvalue weighted by molar-refractivity contribution is 6.01. The number of fused-ring (bicyclic) bond motifs is 3. The molecule has 0 unspecified atom stereocenters. The lowest BCUT2D eigenvalue weighted by Gasteiger charge is -2.11. The molecule has 0 atom stereocenters. The second-order valence-corrected chi connectivity index (χ2v) is 4.31. The number of ketones is 1. The van der Waals surface area contributed by atoms with Crippen LogP contribution in [-0.4, -0.2) is 12.4 Å². The van der Waals surface area contributed by atoms with E-state index in [1.54, 1.807) is 0 Å². The highest BCUT2D eigenvalue weighted by Crippen LogP contribution is 2.35. The Kier molecular flexibility index (Phi) is 2.01. The number of carbonyl (C=O) groups excluding carboxylic acids is 1. The fourth-order valence-corrected chi connectivity index (χ4v) is 2.53. The average molecular weight is 202 g/mol. The van der Waals surface area contributed by atoms with Crippen molar-refractivity contribution in [1.29, 1.82) is 0 Å². The summed E-state index contributed by atoms with van der Waals surface area (Å²) in [7, 11) is 0. The second kappa shape index (κ2) is 3.37. The first-order valence-corrected chi connectivity index (χ1v) is 5.67. The fraction of sp³-hybridized carbons (Fsp3) is 0.462. The molecule has 1 aromatic rings. The van der Waals surface area contributed by atoms with Crippen LogP contribution in [0, 0.1) is 0 Å². The first-order valence-electron chi connectivity index (χ1n) is 5.67. The van der Waals surface area contributed by atoms with Crippen LogP contribution in [0.15, 0.2) is 12.1 Å². The third kappa shape index (κ3) is 1.36. The molecule has 0 amide bonds. The number of Topliss-reactive ketones (excluding diaryl/α,β-unsaturated/α-hetero) is 1. The molecule has 3 rings (SSSR count). The summed E-state index contributed by atoms with van der Waals surface area (Å²) in [5.41, 5.74) is 3.36. The summed E-state index contributed by atoms with van der Waals surface area (Å²) < 4.78 is 5.79. The van der Waals surface area contributed by atoms with E-state index in [1.165, 1.54) is 17.5 Å². The van der Waals surface area contributed by atoms with Gasteiger partial charge < -0.3 is 4.74 Å². The third-order valence-electron chi connectivity index (χ3n) is 3.33. The molecule has 0 saturated heterocycles. The minimum atomic E-state index is 0.278. The SMILES string of the molecule is O=C1CCc2c1ccc1c2OCCCC1. The predicted molar refractivity (Wildman–Crippen MR) is 57.5 cm³/mol. The average Bonchev–Trinajstić information content (AvgIpc) is 2.51. The Balaban J connectivity index is 2.15. The molecule has 2 nitrogen and oxygen atoms in total. The Hall–Kier alpha value is -1.31. The Morgan fingerprint density at radius 2 is 2.00 bits per heavy atom. The molecule has 0 radical (unpaired) electrons. The predicted octanol–water partition coefficient (Wildman–Crippen LogP) is 2.53. The van der Waals surface area contributed by atoms with Crippen LogP contribution in [0.5, 0.6) is 5.75 Å². The molecule has 15 heavy (non-hydrogen) atoms. The fourth-order valence-electron chi connectivity index (χ4n) is 2.53. The first kappa shape index (κ1) is 8.96. The monoisotopic (exact) mass is 202 g/mol. The smallest absolute Gasteiger partial charge is 0.163 e. The topological polar surface area (TPSA) is 26.3 Å². The molecular weight excluding hydrogens is 188 g/mol. The van der Waals surface area contributed by atoms with E-state index in [0.717, 1.165) is 37.2 Å². The highest BCUT2D eigenvalue weighted by Gasteiger charge is 2.25. The summed E-state index contributed by atoms with van der Waals surface area (Å²) >= 11 is 0. The van der Waals surface area contributed by atoms with E-state index in [2.05, 4.69) is 6.07 Å². The summed E-state index contributed by atoms with van der Waals surface area (Å²) in [5, 5.41) is 0. The van der Waals surface area contributed by atoms with Gasteiger partial charge in [-0.2, -0.15) is 0 Å². The lowest BCUT2D eigenvalue weighted by atomic mass is 10.0. The maximum absolute atomic E-state index is 11.6. The molecule has 2 heteroatoms. The molecule has 78 valence electrons. The molecule has 1 aliphatic carbocycles. The highest BCUT2D eigenvalue weighted by atomic mass is 16.5. The molecule has 0 N–H and O–H groups in total. The van der Waals surface area contributed by atoms with Crippen LogP contribution in [0.25, 0.3) is 0 Å². The Labute approximate surface area is 89.2 Å². The number of ether oxygens (including phenoxy) is 1. The van der Waals surface area contributed by atoms with Gasteiger partial charge in [0.05, 0.1) is 6.61 Å². The number of benzene rings is 1. The summed E-state index contributed by atoms with van der Waals surface area (Å²) in [6.45, 7) is 0.803. The van der Waals surface area contributed by atoms with Crippen molar-refractivity contribution in [2.45, 2.75) is 32.1 Å². The molecule has 1 aliphatic heterocycles. The Morgan fingerprint density at radius 1 is 1.07 bits per heavy atom. The standard InChI is InChI=1S/C13H14O2/c14-12-7-6-11-10(12)5-4-9-3-1-2-8-15-13(9)11/h4-5H,1-3,6-8H2. The molecule has 1 heterocycles. The van der Waals surface area contributed by atoms with Crippen molar-refractivity contribution >= 4 is 5.78 Å². The number of rotatable bonds is 0. The van der Waals surface area contributed by atoms with Gasteiger partial charge in [0.2, 0.25) is 0 Å². The van der Waals surface area contributed by atoms with Gasteiger partial charge in [0.25, 0.3) is 0 Å². The zero-order chi connectivity index (χ0) is 10.3. The van der Waals surface area contributed by atoms with Crippen LogP contribution in [0.4, 0.5) is 0 Å². The van der Waals surface area contributed by atoms with Crippen LogP contribution in [0.1, 0.15) is 40.7 Å². The van der Waals surface area contributed by atoms with Gasteiger partial charge in [-0.3, -0.25) is 4.79 Å². The first-order chi connectivity index (χ1) is 7.36. The van der Waals surface area contributed by atoms with Crippen molar-refractivity contribution in [1.82, 2.24) is 0 Å². The van der Waals surface area contributed by atoms with Crippen LogP contribution in [0.3, 0.4) is 0 Å². The van der Waals surface area contributed by atoms with Gasteiger partial charge in [0.15, 0.2) is 5.78 Å². The molecular formula is C13H14O2. The van der Waals surface area contributed by atoms with Crippen molar-refractivity contribution in [3.05, 3.63) is 28.8 Å². The Morgan fingerprint density at radius 3 is 2.93 bits per heavy atom. The van der Waals surface area contributed by atoms with E-state index in [0.29, 0.717) is 6.42 Å². The molecule has 0 aromatic heterocycles. The van der Waals surface area contributed by atoms with Crippen molar-refractivity contribution in [2.75, 3.05) is 6.61 Å². The van der Waals surface area contributed by atoms with Gasteiger partial charge in [-0.05, 0) is 31.2 Å². The number of carbonyl (C=O) groups is 1. The molecule has 1 aromatic carbocycles. The van der Waals surface area contributed by atoms with E-state index < -0.39 is 0 Å². The number of hydrogen-bond donors (Lipinski definition) is 0. The van der Waals surface area contributed by atoms with Crippen LogP contribution < -0.4 is 4.74 Å². The van der Waals surface area contributed by atoms with Crippen LogP contribution in [0.2, 0.25) is 0 Å². The van der Waals surface area contributed by atoms with Crippen LogP contribution in [-0.2, 0) is 12.8 Å². The van der Waals surface area contributed by atoms with Gasteiger partial charge in [0, 0.05) is 17.5 Å². The van der Waals surface area contributed by atoms with E-state index in [4.69, 9.17) is 4.74 Å². The lowest BCUT2D eigenvalue weighted by molar-refractivity contribution is 0.0994. The van der Waals surface area contributed by atoms with Gasteiger partial charge in [-0.25, -0.2) is 0 Å². The van der Waals surface area contributed by atoms with Crippen molar-refractivity contribution in [2.24, 2.45) is 0 Å². The van der Waals surface area contributed by atoms with E-state index in [9.17, 15) is 4.79 Å². The Bertz CT molecular complexity index is 421. The zero-order valence-electron chi connectivity index (χ0n) is 8.71. The molecule has 0 fully saturated rings. The summed E-state index contributed by atoms with van der Waals surface area (Å²) in [6, 6.07) is 4.06. The summed E-state index contributed by atoms with van der Waals surface area (Å²) in [4.78, 5) is 11.6. The third-order valence-corrected chi connectivity index (χ3v) is 3.33. The minimum Gasteiger partial charge on any atom is -0.493 e. The summed E-state index contributed by atoms with van der Waals surface area (Å²) in [6.07, 6.45) is 4.94. The van der Waals surface area contributed by atoms with Crippen LogP contribution >= 0.6 is 0 Å². The maximum atomic E-state index is 11.6. The van der Waals surface area contributed by atoms with Gasteiger partial charge in [0.1, 0.15) is 5.75 Å². The summed E-state index contributed by atoms with van der Waals surface area (Å²) in [5.74, 6) is 1.30. The largest absolute Gasteiger partial charge is 0.493 e. The zero-order valence-corrected chi connectivity index (χ0v) is 8.71. The second-order valence-electron chi connectivity index (χ2n) is 4.31. The van der Waals surface area contributed by atoms with Crippen molar-refractivity contribution in [3.63, 3.8) is 0 Å². The maximum Gasteiger partial charge on any atom is 0.163 e. The number of hydrogen-bond acceptors (Lipinski definition) is 2. The van der Waals surface area contributed by atoms with Gasteiger partial charge in [-0.1, -0.05) is 12.1 Å². The quantitative estimate of drug-likeness (QED) is 0.646. The van der Waals surface area contributed by atoms with Crippen molar-refractivity contribution < 1.29 is 9.53 Å². The van der Waals surface area contributed by atoms with Gasteiger partial charge >= 0.3 is 0 Å². The number of aryl methyl sites for hydroxylation is 1. The van der Waals surface area contributed by atoms with Gasteiger partial charge in [-0.15, -0.1) is 0 Å². The molecule has 0 bridgehead atoms. The van der Waals surface area contributed by atoms with E-state index in [1.807, 2.05) is 6.07 Å². The minimum absolute atomic E-state index is 0.278. The van der Waals surface area contributed by atoms with E-state index >= 15 is 0 Å². The lowest BCUT2D eigenvalue weighted by Crippen LogP contribution is -2.00.